The highest BCUT2D eigenvalue weighted by molar-refractivity contribution is 9.10. The summed E-state index contributed by atoms with van der Waals surface area (Å²) in [4.78, 5) is 8.72. The highest BCUT2D eigenvalue weighted by atomic mass is 79.9. The molecule has 1 unspecified atom stereocenters. The van der Waals surface area contributed by atoms with Gasteiger partial charge in [-0.05, 0) is 46.9 Å². The quantitative estimate of drug-likeness (QED) is 0.826. The molecule has 2 heterocycles. The summed E-state index contributed by atoms with van der Waals surface area (Å²) in [7, 11) is 0. The predicted octanol–water partition coefficient (Wildman–Crippen LogP) is 3.46. The molecular formula is C15H21BrN4O. The lowest BCUT2D eigenvalue weighted by Gasteiger charge is -2.20. The summed E-state index contributed by atoms with van der Waals surface area (Å²) in [5.41, 5.74) is 0.718. The molecule has 0 aliphatic rings. The maximum atomic E-state index is 5.36. The molecule has 0 fully saturated rings. The molecule has 2 rings (SSSR count). The van der Waals surface area contributed by atoms with Gasteiger partial charge in [-0.1, -0.05) is 25.9 Å². The zero-order valence-corrected chi connectivity index (χ0v) is 14.2. The van der Waals surface area contributed by atoms with Crippen molar-refractivity contribution in [1.29, 1.82) is 0 Å². The maximum absolute atomic E-state index is 5.36. The van der Waals surface area contributed by atoms with Crippen LogP contribution in [0.25, 0.3) is 11.5 Å². The average molecular weight is 353 g/mol. The Bertz CT molecular complexity index is 553. The number of aromatic nitrogens is 3. The Morgan fingerprint density at radius 3 is 2.76 bits per heavy atom. The van der Waals surface area contributed by atoms with Gasteiger partial charge in [0.2, 0.25) is 11.7 Å². The molecule has 0 bridgehead atoms. The second-order valence-electron chi connectivity index (χ2n) is 5.38. The van der Waals surface area contributed by atoms with Crippen LogP contribution in [0.1, 0.15) is 33.1 Å². The van der Waals surface area contributed by atoms with Crippen molar-refractivity contribution in [3.8, 4) is 11.5 Å². The van der Waals surface area contributed by atoms with Crippen LogP contribution in [0.2, 0.25) is 0 Å². The highest BCUT2D eigenvalue weighted by Gasteiger charge is 2.18. The fourth-order valence-corrected chi connectivity index (χ4v) is 2.25. The Morgan fingerprint density at radius 1 is 1.33 bits per heavy atom. The van der Waals surface area contributed by atoms with Crippen LogP contribution in [0.4, 0.5) is 0 Å². The van der Waals surface area contributed by atoms with Crippen molar-refractivity contribution in [2.75, 3.05) is 6.54 Å². The molecule has 0 aliphatic carbocycles. The molecule has 0 aromatic carbocycles. The van der Waals surface area contributed by atoms with Crippen LogP contribution >= 0.6 is 15.9 Å². The third-order valence-electron chi connectivity index (χ3n) is 3.28. The topological polar surface area (TPSA) is 63.8 Å². The molecule has 0 aliphatic heterocycles. The van der Waals surface area contributed by atoms with E-state index in [9.17, 15) is 0 Å². The molecular weight excluding hydrogens is 332 g/mol. The van der Waals surface area contributed by atoms with Gasteiger partial charge in [-0.15, -0.1) is 0 Å². The largest absolute Gasteiger partial charge is 0.339 e. The molecule has 1 N–H and O–H groups in total. The third-order valence-corrected chi connectivity index (χ3v) is 3.75. The maximum Gasteiger partial charge on any atom is 0.228 e. The molecule has 2 aromatic heterocycles. The Hall–Kier alpha value is -1.27. The van der Waals surface area contributed by atoms with E-state index in [-0.39, 0.29) is 0 Å². The number of halogens is 1. The molecule has 0 saturated heterocycles. The van der Waals surface area contributed by atoms with Gasteiger partial charge in [0.25, 0.3) is 0 Å². The van der Waals surface area contributed by atoms with E-state index in [0.29, 0.717) is 23.7 Å². The number of hydrogen-bond donors (Lipinski definition) is 1. The SMILES string of the molecule is CCCNC(Cc1nc(-c2ccc(Br)cn2)no1)C(C)C. The van der Waals surface area contributed by atoms with Gasteiger partial charge < -0.3 is 9.84 Å². The first kappa shape index (κ1) is 16.1. The Labute approximate surface area is 133 Å². The van der Waals surface area contributed by atoms with E-state index in [1.54, 1.807) is 6.20 Å². The fourth-order valence-electron chi connectivity index (χ4n) is 2.01. The van der Waals surface area contributed by atoms with Gasteiger partial charge in [0.15, 0.2) is 0 Å². The van der Waals surface area contributed by atoms with Crippen molar-refractivity contribution in [2.45, 2.75) is 39.7 Å². The summed E-state index contributed by atoms with van der Waals surface area (Å²) in [6.45, 7) is 7.55. The lowest BCUT2D eigenvalue weighted by molar-refractivity contribution is 0.326. The van der Waals surface area contributed by atoms with E-state index in [0.717, 1.165) is 29.6 Å². The second kappa shape index (κ2) is 7.66. The predicted molar refractivity (Wildman–Crippen MR) is 85.9 cm³/mol. The van der Waals surface area contributed by atoms with Crippen molar-refractivity contribution in [3.05, 3.63) is 28.7 Å². The average Bonchev–Trinajstić information content (AvgIpc) is 2.92. The first-order valence-electron chi connectivity index (χ1n) is 7.28. The van der Waals surface area contributed by atoms with Gasteiger partial charge in [0, 0.05) is 23.1 Å². The van der Waals surface area contributed by atoms with Crippen molar-refractivity contribution >= 4 is 15.9 Å². The molecule has 2 aromatic rings. The molecule has 1 atom stereocenters. The van der Waals surface area contributed by atoms with E-state index < -0.39 is 0 Å². The number of nitrogens with zero attached hydrogens (tertiary/aromatic N) is 3. The van der Waals surface area contributed by atoms with Gasteiger partial charge >= 0.3 is 0 Å². The van der Waals surface area contributed by atoms with Crippen LogP contribution < -0.4 is 5.32 Å². The molecule has 6 heteroatoms. The van der Waals surface area contributed by atoms with E-state index in [4.69, 9.17) is 4.52 Å². The van der Waals surface area contributed by atoms with E-state index >= 15 is 0 Å². The van der Waals surface area contributed by atoms with Crippen LogP contribution in [0, 0.1) is 5.92 Å². The smallest absolute Gasteiger partial charge is 0.228 e. The fraction of sp³-hybridized carbons (Fsp3) is 0.533. The van der Waals surface area contributed by atoms with Crippen LogP contribution in [0.3, 0.4) is 0 Å². The second-order valence-corrected chi connectivity index (χ2v) is 6.30. The molecule has 114 valence electrons. The minimum atomic E-state index is 0.344. The Kier molecular flexibility index (Phi) is 5.87. The zero-order valence-electron chi connectivity index (χ0n) is 12.6. The number of hydrogen-bond acceptors (Lipinski definition) is 5. The van der Waals surface area contributed by atoms with E-state index in [1.165, 1.54) is 0 Å². The third kappa shape index (κ3) is 4.61. The van der Waals surface area contributed by atoms with Gasteiger partial charge in [-0.25, -0.2) is 0 Å². The Balaban J connectivity index is 2.06. The number of nitrogens with one attached hydrogen (secondary N) is 1. The van der Waals surface area contributed by atoms with Crippen LogP contribution in [-0.4, -0.2) is 27.7 Å². The summed E-state index contributed by atoms with van der Waals surface area (Å²) < 4.78 is 6.29. The standard InChI is InChI=1S/C15H21BrN4O/c1-4-7-17-13(10(2)3)8-14-19-15(20-21-14)12-6-5-11(16)9-18-12/h5-6,9-10,13,17H,4,7-8H2,1-3H3. The van der Waals surface area contributed by atoms with Crippen molar-refractivity contribution in [2.24, 2.45) is 5.92 Å². The van der Waals surface area contributed by atoms with Crippen LogP contribution in [0.5, 0.6) is 0 Å². The molecule has 0 spiro atoms. The lowest BCUT2D eigenvalue weighted by atomic mass is 10.0. The number of rotatable bonds is 7. The van der Waals surface area contributed by atoms with Crippen molar-refractivity contribution in [3.63, 3.8) is 0 Å². The van der Waals surface area contributed by atoms with Gasteiger partial charge in [0.1, 0.15) is 5.69 Å². The molecule has 21 heavy (non-hydrogen) atoms. The van der Waals surface area contributed by atoms with Crippen LogP contribution in [-0.2, 0) is 6.42 Å². The first-order valence-corrected chi connectivity index (χ1v) is 8.07. The summed E-state index contributed by atoms with van der Waals surface area (Å²) in [5, 5.41) is 7.54. The van der Waals surface area contributed by atoms with Gasteiger partial charge in [-0.3, -0.25) is 4.98 Å². The van der Waals surface area contributed by atoms with E-state index in [2.05, 4.69) is 57.1 Å². The Morgan fingerprint density at radius 2 is 2.14 bits per heavy atom. The minimum absolute atomic E-state index is 0.344. The number of pyridine rings is 1. The molecule has 0 saturated carbocycles. The summed E-state index contributed by atoms with van der Waals surface area (Å²) >= 11 is 3.36. The zero-order chi connectivity index (χ0) is 15.2. The molecule has 0 amide bonds. The summed E-state index contributed by atoms with van der Waals surface area (Å²) in [6.07, 6.45) is 3.58. The van der Waals surface area contributed by atoms with Crippen molar-refractivity contribution in [1.82, 2.24) is 20.4 Å². The van der Waals surface area contributed by atoms with Crippen molar-refractivity contribution < 1.29 is 4.52 Å². The highest BCUT2D eigenvalue weighted by Crippen LogP contribution is 2.17. The van der Waals surface area contributed by atoms with E-state index in [1.807, 2.05) is 12.1 Å². The molecule has 5 nitrogen and oxygen atoms in total. The molecule has 0 radical (unpaired) electrons. The normalized spacial score (nSPS) is 12.8. The summed E-state index contributed by atoms with van der Waals surface area (Å²) in [6, 6.07) is 4.13. The minimum Gasteiger partial charge on any atom is -0.339 e. The van der Waals surface area contributed by atoms with Crippen LogP contribution in [0.15, 0.2) is 27.3 Å². The monoisotopic (exact) mass is 352 g/mol. The van der Waals surface area contributed by atoms with Gasteiger partial charge in [0.05, 0.1) is 0 Å². The van der Waals surface area contributed by atoms with Gasteiger partial charge in [-0.2, -0.15) is 4.98 Å². The first-order chi connectivity index (χ1) is 10.1. The lowest BCUT2D eigenvalue weighted by Crippen LogP contribution is -2.36. The summed E-state index contributed by atoms with van der Waals surface area (Å²) in [5.74, 6) is 1.70.